The summed E-state index contributed by atoms with van der Waals surface area (Å²) in [4.78, 5) is 2.39. The Bertz CT molecular complexity index is 341. The van der Waals surface area contributed by atoms with Gasteiger partial charge in [-0.3, -0.25) is 4.90 Å². The molecule has 2 heterocycles. The second kappa shape index (κ2) is 5.67. The molecule has 1 aromatic heterocycles. The smallest absolute Gasteiger partial charge is 0.118 e. The van der Waals surface area contributed by atoms with E-state index in [-0.39, 0.29) is 0 Å². The van der Waals surface area contributed by atoms with Crippen LogP contribution in [-0.4, -0.2) is 37.2 Å². The van der Waals surface area contributed by atoms with Crippen molar-refractivity contribution in [1.82, 2.24) is 10.2 Å². The SMILES string of the molecule is CNCc1ccc(CN2CC(C)OC(C)C2)o1. The molecule has 0 aliphatic carbocycles. The third-order valence-electron chi connectivity index (χ3n) is 2.94. The Morgan fingerprint density at radius 2 is 1.88 bits per heavy atom. The van der Waals surface area contributed by atoms with E-state index in [0.29, 0.717) is 12.2 Å². The highest BCUT2D eigenvalue weighted by molar-refractivity contribution is 5.07. The van der Waals surface area contributed by atoms with Gasteiger partial charge in [0.15, 0.2) is 0 Å². The molecule has 4 nitrogen and oxygen atoms in total. The van der Waals surface area contributed by atoms with Crippen LogP contribution < -0.4 is 5.32 Å². The van der Waals surface area contributed by atoms with E-state index >= 15 is 0 Å². The lowest BCUT2D eigenvalue weighted by Gasteiger charge is -2.34. The van der Waals surface area contributed by atoms with Crippen LogP contribution in [0.4, 0.5) is 0 Å². The molecule has 2 rings (SSSR count). The first-order valence-electron chi connectivity index (χ1n) is 6.27. The first-order chi connectivity index (χ1) is 8.17. The third kappa shape index (κ3) is 3.56. The van der Waals surface area contributed by atoms with E-state index in [9.17, 15) is 0 Å². The number of furan rings is 1. The lowest BCUT2D eigenvalue weighted by molar-refractivity contribution is -0.0718. The van der Waals surface area contributed by atoms with Crippen molar-refractivity contribution in [3.8, 4) is 0 Å². The molecule has 1 saturated heterocycles. The molecule has 1 aromatic rings. The fraction of sp³-hybridized carbons (Fsp3) is 0.692. The highest BCUT2D eigenvalue weighted by Crippen LogP contribution is 2.15. The second-order valence-corrected chi connectivity index (χ2v) is 4.85. The Morgan fingerprint density at radius 1 is 1.24 bits per heavy atom. The Labute approximate surface area is 103 Å². The van der Waals surface area contributed by atoms with E-state index in [1.54, 1.807) is 0 Å². The molecule has 1 aliphatic rings. The minimum atomic E-state index is 0.311. The minimum absolute atomic E-state index is 0.311. The van der Waals surface area contributed by atoms with Gasteiger partial charge in [-0.1, -0.05) is 0 Å². The summed E-state index contributed by atoms with van der Waals surface area (Å²) < 4.78 is 11.5. The Kier molecular flexibility index (Phi) is 4.20. The van der Waals surface area contributed by atoms with E-state index in [1.165, 1.54) is 0 Å². The maximum absolute atomic E-state index is 5.75. The first kappa shape index (κ1) is 12.6. The molecular weight excluding hydrogens is 216 g/mol. The highest BCUT2D eigenvalue weighted by atomic mass is 16.5. The highest BCUT2D eigenvalue weighted by Gasteiger charge is 2.22. The van der Waals surface area contributed by atoms with Crippen molar-refractivity contribution in [3.63, 3.8) is 0 Å². The van der Waals surface area contributed by atoms with Crippen molar-refractivity contribution >= 4 is 0 Å². The zero-order chi connectivity index (χ0) is 12.3. The number of nitrogens with zero attached hydrogens (tertiary/aromatic N) is 1. The fourth-order valence-corrected chi connectivity index (χ4v) is 2.41. The maximum Gasteiger partial charge on any atom is 0.118 e. The lowest BCUT2D eigenvalue weighted by Crippen LogP contribution is -2.44. The molecule has 0 aromatic carbocycles. The summed E-state index contributed by atoms with van der Waals surface area (Å²) in [6.45, 7) is 7.87. The van der Waals surface area contributed by atoms with Crippen molar-refractivity contribution in [2.24, 2.45) is 0 Å². The van der Waals surface area contributed by atoms with Crippen LogP contribution in [0.15, 0.2) is 16.5 Å². The Hall–Kier alpha value is -0.840. The molecule has 17 heavy (non-hydrogen) atoms. The Morgan fingerprint density at radius 3 is 2.53 bits per heavy atom. The predicted molar refractivity (Wildman–Crippen MR) is 66.8 cm³/mol. The fourth-order valence-electron chi connectivity index (χ4n) is 2.41. The molecule has 0 saturated carbocycles. The molecule has 0 radical (unpaired) electrons. The van der Waals surface area contributed by atoms with Gasteiger partial charge in [0.2, 0.25) is 0 Å². The van der Waals surface area contributed by atoms with Crippen LogP contribution in [0.25, 0.3) is 0 Å². The van der Waals surface area contributed by atoms with Crippen molar-refractivity contribution in [2.75, 3.05) is 20.1 Å². The van der Waals surface area contributed by atoms with Crippen LogP contribution in [0, 0.1) is 0 Å². The lowest BCUT2D eigenvalue weighted by atomic mass is 10.2. The Balaban J connectivity index is 1.90. The molecule has 2 atom stereocenters. The van der Waals surface area contributed by atoms with Gasteiger partial charge in [0, 0.05) is 13.1 Å². The van der Waals surface area contributed by atoms with E-state index < -0.39 is 0 Å². The summed E-state index contributed by atoms with van der Waals surface area (Å²) >= 11 is 0. The summed E-state index contributed by atoms with van der Waals surface area (Å²) in [7, 11) is 1.92. The van der Waals surface area contributed by atoms with Gasteiger partial charge in [-0.25, -0.2) is 0 Å². The van der Waals surface area contributed by atoms with Crippen LogP contribution in [0.3, 0.4) is 0 Å². The largest absolute Gasteiger partial charge is 0.463 e. The van der Waals surface area contributed by atoms with E-state index in [2.05, 4.69) is 30.1 Å². The second-order valence-electron chi connectivity index (χ2n) is 4.85. The van der Waals surface area contributed by atoms with Crippen LogP contribution in [0.5, 0.6) is 0 Å². The topological polar surface area (TPSA) is 37.6 Å². The molecule has 2 unspecified atom stereocenters. The normalized spacial score (nSPS) is 26.3. The van der Waals surface area contributed by atoms with Gasteiger partial charge in [-0.05, 0) is 33.0 Å². The minimum Gasteiger partial charge on any atom is -0.463 e. The molecule has 0 bridgehead atoms. The summed E-state index contributed by atoms with van der Waals surface area (Å²) in [5.41, 5.74) is 0. The molecule has 96 valence electrons. The molecule has 0 spiro atoms. The maximum atomic E-state index is 5.75. The molecular formula is C13H22N2O2. The van der Waals surface area contributed by atoms with Gasteiger partial charge >= 0.3 is 0 Å². The van der Waals surface area contributed by atoms with Gasteiger partial charge in [0.1, 0.15) is 11.5 Å². The van der Waals surface area contributed by atoms with Crippen molar-refractivity contribution in [1.29, 1.82) is 0 Å². The van der Waals surface area contributed by atoms with Crippen molar-refractivity contribution in [2.45, 2.75) is 39.1 Å². The van der Waals surface area contributed by atoms with E-state index in [4.69, 9.17) is 9.15 Å². The van der Waals surface area contributed by atoms with Gasteiger partial charge in [0.05, 0.1) is 25.3 Å². The molecule has 1 N–H and O–H groups in total. The van der Waals surface area contributed by atoms with Gasteiger partial charge in [0.25, 0.3) is 0 Å². The molecule has 1 fully saturated rings. The average Bonchev–Trinajstić information content (AvgIpc) is 2.64. The van der Waals surface area contributed by atoms with Gasteiger partial charge < -0.3 is 14.5 Å². The first-order valence-corrected chi connectivity index (χ1v) is 6.27. The summed E-state index contributed by atoms with van der Waals surface area (Å²) in [6.07, 6.45) is 0.621. The number of morpholine rings is 1. The zero-order valence-electron chi connectivity index (χ0n) is 10.9. The number of rotatable bonds is 4. The predicted octanol–water partition coefficient (Wildman–Crippen LogP) is 1.61. The summed E-state index contributed by atoms with van der Waals surface area (Å²) in [5, 5.41) is 3.09. The molecule has 4 heteroatoms. The van der Waals surface area contributed by atoms with Gasteiger partial charge in [-0.15, -0.1) is 0 Å². The molecule has 1 aliphatic heterocycles. The van der Waals surface area contributed by atoms with Crippen LogP contribution in [0.1, 0.15) is 25.4 Å². The van der Waals surface area contributed by atoms with Crippen LogP contribution >= 0.6 is 0 Å². The van der Waals surface area contributed by atoms with Gasteiger partial charge in [-0.2, -0.15) is 0 Å². The quantitative estimate of drug-likeness (QED) is 0.864. The number of hydrogen-bond acceptors (Lipinski definition) is 4. The average molecular weight is 238 g/mol. The van der Waals surface area contributed by atoms with E-state index in [0.717, 1.165) is 37.7 Å². The monoisotopic (exact) mass is 238 g/mol. The molecule has 0 amide bonds. The zero-order valence-corrected chi connectivity index (χ0v) is 10.9. The summed E-state index contributed by atoms with van der Waals surface area (Å²) in [5.74, 6) is 2.04. The van der Waals surface area contributed by atoms with Crippen LogP contribution in [-0.2, 0) is 17.8 Å². The number of hydrogen-bond donors (Lipinski definition) is 1. The number of nitrogens with one attached hydrogen (secondary N) is 1. The van der Waals surface area contributed by atoms with Crippen LogP contribution in [0.2, 0.25) is 0 Å². The standard InChI is InChI=1S/C13H22N2O2/c1-10-7-15(8-11(2)16-10)9-13-5-4-12(17-13)6-14-3/h4-5,10-11,14H,6-9H2,1-3H3. The number of ether oxygens (including phenoxy) is 1. The van der Waals surface area contributed by atoms with Crippen molar-refractivity contribution in [3.05, 3.63) is 23.7 Å². The van der Waals surface area contributed by atoms with Crippen molar-refractivity contribution < 1.29 is 9.15 Å². The third-order valence-corrected chi connectivity index (χ3v) is 2.94. The van der Waals surface area contributed by atoms with E-state index in [1.807, 2.05) is 13.1 Å². The summed E-state index contributed by atoms with van der Waals surface area (Å²) in [6, 6.07) is 4.11.